The van der Waals surface area contributed by atoms with Gasteiger partial charge < -0.3 is 0 Å². The van der Waals surface area contributed by atoms with Crippen LogP contribution in [0.1, 0.15) is 11.1 Å². The summed E-state index contributed by atoms with van der Waals surface area (Å²) in [6.07, 6.45) is 0. The van der Waals surface area contributed by atoms with E-state index in [1.807, 2.05) is 18.2 Å². The molecule has 0 spiro atoms. The van der Waals surface area contributed by atoms with Gasteiger partial charge in [0.15, 0.2) is 0 Å². The molecule has 0 bridgehead atoms. The minimum Gasteiger partial charge on any atom is -0.248 e. The first-order chi connectivity index (χ1) is 9.26. The van der Waals surface area contributed by atoms with Gasteiger partial charge in [0, 0.05) is 16.8 Å². The van der Waals surface area contributed by atoms with E-state index in [0.717, 1.165) is 27.7 Å². The molecule has 1 nitrogen and oxygen atoms in total. The minimum absolute atomic E-state index is 0.530. The summed E-state index contributed by atoms with van der Waals surface area (Å²) < 4.78 is 0. The zero-order valence-electron chi connectivity index (χ0n) is 10.7. The van der Waals surface area contributed by atoms with Gasteiger partial charge in [-0.05, 0) is 36.8 Å². The van der Waals surface area contributed by atoms with Gasteiger partial charge in [0.2, 0.25) is 0 Å². The molecule has 0 aliphatic carbocycles. The third-order valence-corrected chi connectivity index (χ3v) is 3.49. The van der Waals surface area contributed by atoms with Crippen molar-refractivity contribution in [1.29, 1.82) is 0 Å². The molecule has 1 aromatic heterocycles. The lowest BCUT2D eigenvalue weighted by Crippen LogP contribution is -1.88. The second-order valence-electron chi connectivity index (χ2n) is 4.73. The Bertz CT molecular complexity index is 734. The summed E-state index contributed by atoms with van der Waals surface area (Å²) in [4.78, 5) is 4.72. The largest absolute Gasteiger partial charge is 0.248 e. The highest BCUT2D eigenvalue weighted by Gasteiger charge is 2.03. The van der Waals surface area contributed by atoms with Crippen molar-refractivity contribution < 1.29 is 0 Å². The number of alkyl halides is 1. The molecule has 0 radical (unpaired) electrons. The van der Waals surface area contributed by atoms with Gasteiger partial charge in [-0.2, -0.15) is 0 Å². The van der Waals surface area contributed by atoms with Crippen molar-refractivity contribution in [3.05, 3.63) is 65.7 Å². The van der Waals surface area contributed by atoms with Crippen molar-refractivity contribution in [3.8, 4) is 11.3 Å². The van der Waals surface area contributed by atoms with Crippen LogP contribution in [0, 0.1) is 6.92 Å². The predicted molar refractivity (Wildman–Crippen MR) is 81.5 cm³/mol. The highest BCUT2D eigenvalue weighted by atomic mass is 35.5. The quantitative estimate of drug-likeness (QED) is 0.599. The maximum atomic E-state index is 5.93. The summed E-state index contributed by atoms with van der Waals surface area (Å²) in [5.74, 6) is 0.530. The molecule has 0 amide bonds. The smallest absolute Gasteiger partial charge is 0.0709 e. The van der Waals surface area contributed by atoms with E-state index in [1.165, 1.54) is 5.56 Å². The maximum Gasteiger partial charge on any atom is 0.0709 e. The number of benzene rings is 2. The predicted octanol–water partition coefficient (Wildman–Crippen LogP) is 4.95. The number of nitrogens with zero attached hydrogens (tertiary/aromatic N) is 1. The second-order valence-corrected chi connectivity index (χ2v) is 5.00. The van der Waals surface area contributed by atoms with Gasteiger partial charge >= 0.3 is 0 Å². The molecule has 0 saturated carbocycles. The molecule has 0 atom stereocenters. The first-order valence-corrected chi connectivity index (χ1v) is 6.82. The van der Waals surface area contributed by atoms with Crippen LogP contribution in [0.3, 0.4) is 0 Å². The van der Waals surface area contributed by atoms with Gasteiger partial charge in [-0.1, -0.05) is 35.9 Å². The van der Waals surface area contributed by atoms with Crippen LogP contribution in [0.15, 0.2) is 54.6 Å². The van der Waals surface area contributed by atoms with Crippen LogP contribution in [-0.2, 0) is 5.88 Å². The van der Waals surface area contributed by atoms with Gasteiger partial charge in [-0.3, -0.25) is 0 Å². The average molecular weight is 268 g/mol. The molecule has 2 aromatic carbocycles. The third-order valence-electron chi connectivity index (χ3n) is 3.19. The lowest BCUT2D eigenvalue weighted by Gasteiger charge is -2.06. The fraction of sp³-hybridized carbons (Fsp3) is 0.118. The number of aromatic nitrogens is 1. The normalized spacial score (nSPS) is 10.8. The Morgan fingerprint density at radius 2 is 1.84 bits per heavy atom. The number of fused-ring (bicyclic) bond motifs is 1. The van der Waals surface area contributed by atoms with Crippen LogP contribution in [-0.4, -0.2) is 4.98 Å². The lowest BCUT2D eigenvalue weighted by atomic mass is 10.0. The number of hydrogen-bond acceptors (Lipinski definition) is 1. The van der Waals surface area contributed by atoms with E-state index < -0.39 is 0 Å². The summed E-state index contributed by atoms with van der Waals surface area (Å²) in [6, 6.07) is 18.7. The van der Waals surface area contributed by atoms with Crippen LogP contribution >= 0.6 is 11.6 Å². The number of halogens is 1. The fourth-order valence-corrected chi connectivity index (χ4v) is 2.47. The van der Waals surface area contributed by atoms with Crippen LogP contribution in [0.25, 0.3) is 22.2 Å². The maximum absolute atomic E-state index is 5.93. The van der Waals surface area contributed by atoms with E-state index >= 15 is 0 Å². The number of pyridine rings is 1. The van der Waals surface area contributed by atoms with E-state index in [0.29, 0.717) is 5.88 Å². The van der Waals surface area contributed by atoms with Crippen molar-refractivity contribution in [3.63, 3.8) is 0 Å². The Morgan fingerprint density at radius 1 is 1.00 bits per heavy atom. The summed E-state index contributed by atoms with van der Waals surface area (Å²) >= 11 is 5.93. The van der Waals surface area contributed by atoms with Gasteiger partial charge in [0.1, 0.15) is 0 Å². The zero-order chi connectivity index (χ0) is 13.2. The van der Waals surface area contributed by atoms with Gasteiger partial charge in [0.25, 0.3) is 0 Å². The minimum atomic E-state index is 0.530. The second kappa shape index (κ2) is 5.02. The molecule has 0 unspecified atom stereocenters. The van der Waals surface area contributed by atoms with E-state index in [4.69, 9.17) is 16.6 Å². The fourth-order valence-electron chi connectivity index (χ4n) is 2.31. The average Bonchev–Trinajstić information content (AvgIpc) is 2.46. The van der Waals surface area contributed by atoms with Gasteiger partial charge in [0.05, 0.1) is 11.2 Å². The molecule has 3 rings (SSSR count). The van der Waals surface area contributed by atoms with Crippen LogP contribution < -0.4 is 0 Å². The van der Waals surface area contributed by atoms with Gasteiger partial charge in [-0.25, -0.2) is 4.98 Å². The van der Waals surface area contributed by atoms with Crippen LogP contribution in [0.4, 0.5) is 0 Å². The summed E-state index contributed by atoms with van der Waals surface area (Å²) in [7, 11) is 0. The number of hydrogen-bond donors (Lipinski definition) is 0. The highest BCUT2D eigenvalue weighted by Crippen LogP contribution is 2.23. The molecule has 3 aromatic rings. The van der Waals surface area contributed by atoms with Crippen LogP contribution in [0.2, 0.25) is 0 Å². The van der Waals surface area contributed by atoms with E-state index in [9.17, 15) is 0 Å². The molecular formula is C17H14ClN. The Kier molecular flexibility index (Phi) is 3.22. The van der Waals surface area contributed by atoms with E-state index in [-0.39, 0.29) is 0 Å². The number of para-hydroxylation sites is 1. The van der Waals surface area contributed by atoms with Crippen molar-refractivity contribution in [2.45, 2.75) is 12.8 Å². The van der Waals surface area contributed by atoms with Crippen molar-refractivity contribution in [2.75, 3.05) is 0 Å². The van der Waals surface area contributed by atoms with Crippen molar-refractivity contribution >= 4 is 22.5 Å². The van der Waals surface area contributed by atoms with E-state index in [2.05, 4.69) is 43.3 Å². The zero-order valence-corrected chi connectivity index (χ0v) is 11.5. The van der Waals surface area contributed by atoms with Crippen molar-refractivity contribution in [2.24, 2.45) is 0 Å². The Labute approximate surface area is 117 Å². The first-order valence-electron chi connectivity index (χ1n) is 6.29. The Morgan fingerprint density at radius 3 is 2.68 bits per heavy atom. The highest BCUT2D eigenvalue weighted by molar-refractivity contribution is 6.17. The van der Waals surface area contributed by atoms with Crippen molar-refractivity contribution in [1.82, 2.24) is 4.98 Å². The summed E-state index contributed by atoms with van der Waals surface area (Å²) in [6.45, 7) is 2.08. The Hall–Kier alpha value is -1.86. The number of rotatable bonds is 2. The SMILES string of the molecule is Cc1cc(CCl)cc(-c2ccc3ccccc3n2)c1. The monoisotopic (exact) mass is 267 g/mol. The van der Waals surface area contributed by atoms with Gasteiger partial charge in [-0.15, -0.1) is 11.6 Å². The topological polar surface area (TPSA) is 12.9 Å². The first kappa shape index (κ1) is 12.2. The van der Waals surface area contributed by atoms with E-state index in [1.54, 1.807) is 0 Å². The van der Waals surface area contributed by atoms with Crippen LogP contribution in [0.5, 0.6) is 0 Å². The molecule has 0 fully saturated rings. The standard InChI is InChI=1S/C17H14ClN/c1-12-8-13(11-18)10-15(9-12)17-7-6-14-4-2-3-5-16(14)19-17/h2-10H,11H2,1H3. The molecule has 94 valence electrons. The Balaban J connectivity index is 2.15. The molecule has 0 N–H and O–H groups in total. The summed E-state index contributed by atoms with van der Waals surface area (Å²) in [5.41, 5.74) is 5.49. The summed E-state index contributed by atoms with van der Waals surface area (Å²) in [5, 5.41) is 1.16. The molecule has 2 heteroatoms. The lowest BCUT2D eigenvalue weighted by molar-refractivity contribution is 1.32. The molecule has 0 aliphatic heterocycles. The molecule has 1 heterocycles. The third kappa shape index (κ3) is 2.47. The molecule has 0 aliphatic rings. The molecular weight excluding hydrogens is 254 g/mol. The molecule has 0 saturated heterocycles. The molecule has 19 heavy (non-hydrogen) atoms. The number of aryl methyl sites for hydroxylation is 1.